The molecule has 1 atom stereocenters. The van der Waals surface area contributed by atoms with Crippen molar-refractivity contribution in [3.63, 3.8) is 0 Å². The average Bonchev–Trinajstić information content (AvgIpc) is 2.21. The zero-order valence-electron chi connectivity index (χ0n) is 8.03. The second-order valence-corrected chi connectivity index (χ2v) is 2.29. The molecule has 1 aromatic rings. The summed E-state index contributed by atoms with van der Waals surface area (Å²) in [5, 5.41) is 0. The van der Waals surface area contributed by atoms with Crippen molar-refractivity contribution in [2.24, 2.45) is 11.5 Å². The zero-order valence-corrected chi connectivity index (χ0v) is 8.03. The van der Waals surface area contributed by atoms with E-state index in [1.54, 1.807) is 12.1 Å². The van der Waals surface area contributed by atoms with Crippen molar-refractivity contribution < 1.29 is 4.79 Å². The van der Waals surface area contributed by atoms with Gasteiger partial charge >= 0.3 is 0 Å². The summed E-state index contributed by atoms with van der Waals surface area (Å²) in [6, 6.07) is 8.36. The minimum atomic E-state index is -0.684. The van der Waals surface area contributed by atoms with Crippen LogP contribution >= 0.6 is 0 Å². The van der Waals surface area contributed by atoms with E-state index in [0.717, 1.165) is 5.56 Å². The lowest BCUT2D eigenvalue weighted by atomic mass is 10.1. The molecule has 0 spiro atoms. The maximum Gasteiger partial charge on any atom is 0.238 e. The number of carbonyl (C=O) groups excluding carboxylic acids is 1. The molecule has 0 aromatic heterocycles. The molecule has 1 rings (SSSR count). The van der Waals surface area contributed by atoms with E-state index in [4.69, 9.17) is 11.5 Å². The summed E-state index contributed by atoms with van der Waals surface area (Å²) in [4.78, 5) is 10.6. The quantitative estimate of drug-likeness (QED) is 0.718. The fourth-order valence-electron chi connectivity index (χ4n) is 0.825. The van der Waals surface area contributed by atoms with Gasteiger partial charge in [-0.2, -0.15) is 0 Å². The van der Waals surface area contributed by atoms with Gasteiger partial charge in [-0.1, -0.05) is 44.2 Å². The molecule has 72 valence electrons. The standard InChI is InChI=1S/C8H10N2O.C2H6/c9-7(8(10)11)6-4-2-1-3-5-6;1-2/h1-5,7H,9H2,(H2,10,11);1-2H3. The molecule has 1 unspecified atom stereocenters. The first kappa shape index (κ1) is 11.6. The van der Waals surface area contributed by atoms with E-state index in [9.17, 15) is 4.79 Å². The van der Waals surface area contributed by atoms with Crippen molar-refractivity contribution in [1.82, 2.24) is 0 Å². The Morgan fingerprint density at radius 2 is 1.69 bits per heavy atom. The number of rotatable bonds is 2. The third-order valence-electron chi connectivity index (χ3n) is 1.47. The van der Waals surface area contributed by atoms with Crippen LogP contribution in [-0.4, -0.2) is 5.91 Å². The number of hydrogen-bond donors (Lipinski definition) is 2. The summed E-state index contributed by atoms with van der Waals surface area (Å²) in [5.41, 5.74) is 11.2. The molecule has 0 aliphatic rings. The highest BCUT2D eigenvalue weighted by Crippen LogP contribution is 2.07. The Hall–Kier alpha value is -1.35. The monoisotopic (exact) mass is 180 g/mol. The molecule has 0 aliphatic carbocycles. The molecule has 13 heavy (non-hydrogen) atoms. The van der Waals surface area contributed by atoms with Crippen LogP contribution in [0.15, 0.2) is 30.3 Å². The van der Waals surface area contributed by atoms with E-state index < -0.39 is 11.9 Å². The van der Waals surface area contributed by atoms with Gasteiger partial charge < -0.3 is 11.5 Å². The number of carbonyl (C=O) groups is 1. The van der Waals surface area contributed by atoms with Gasteiger partial charge in [0.2, 0.25) is 5.91 Å². The highest BCUT2D eigenvalue weighted by atomic mass is 16.1. The van der Waals surface area contributed by atoms with Gasteiger partial charge in [-0.25, -0.2) is 0 Å². The molecule has 0 heterocycles. The van der Waals surface area contributed by atoms with Crippen LogP contribution in [0, 0.1) is 0 Å². The van der Waals surface area contributed by atoms with Crippen molar-refractivity contribution in [3.8, 4) is 0 Å². The first-order chi connectivity index (χ1) is 6.22. The van der Waals surface area contributed by atoms with Gasteiger partial charge in [0, 0.05) is 0 Å². The van der Waals surface area contributed by atoms with Crippen molar-refractivity contribution in [1.29, 1.82) is 0 Å². The van der Waals surface area contributed by atoms with Gasteiger partial charge in [0.15, 0.2) is 0 Å². The Labute approximate surface area is 78.7 Å². The lowest BCUT2D eigenvalue weighted by Gasteiger charge is -2.05. The van der Waals surface area contributed by atoms with Crippen LogP contribution in [0.3, 0.4) is 0 Å². The normalized spacial score (nSPS) is 11.0. The third kappa shape index (κ3) is 3.71. The van der Waals surface area contributed by atoms with Crippen molar-refractivity contribution in [2.75, 3.05) is 0 Å². The van der Waals surface area contributed by atoms with Gasteiger partial charge in [-0.15, -0.1) is 0 Å². The third-order valence-corrected chi connectivity index (χ3v) is 1.47. The van der Waals surface area contributed by atoms with E-state index in [1.165, 1.54) is 0 Å². The van der Waals surface area contributed by atoms with Gasteiger partial charge in [0.05, 0.1) is 0 Å². The highest BCUT2D eigenvalue weighted by Gasteiger charge is 2.09. The van der Waals surface area contributed by atoms with Crippen LogP contribution in [-0.2, 0) is 4.79 Å². The summed E-state index contributed by atoms with van der Waals surface area (Å²) in [6.07, 6.45) is 0. The van der Waals surface area contributed by atoms with Crippen LogP contribution in [0.25, 0.3) is 0 Å². The molecular formula is C10H16N2O. The van der Waals surface area contributed by atoms with Crippen molar-refractivity contribution in [3.05, 3.63) is 35.9 Å². The Balaban J connectivity index is 0.000000671. The Bertz CT molecular complexity index is 246. The zero-order chi connectivity index (χ0) is 10.3. The summed E-state index contributed by atoms with van der Waals surface area (Å²) >= 11 is 0. The second-order valence-electron chi connectivity index (χ2n) is 2.29. The lowest BCUT2D eigenvalue weighted by Crippen LogP contribution is -2.27. The smallest absolute Gasteiger partial charge is 0.238 e. The molecule has 1 aromatic carbocycles. The summed E-state index contributed by atoms with van der Waals surface area (Å²) < 4.78 is 0. The number of hydrogen-bond acceptors (Lipinski definition) is 2. The fourth-order valence-corrected chi connectivity index (χ4v) is 0.825. The predicted octanol–water partition coefficient (Wildman–Crippen LogP) is 1.20. The molecule has 0 fully saturated rings. The first-order valence-electron chi connectivity index (χ1n) is 4.31. The minimum absolute atomic E-state index is 0.504. The van der Waals surface area contributed by atoms with Crippen LogP contribution in [0.1, 0.15) is 25.5 Å². The number of primary amides is 1. The molecular weight excluding hydrogens is 164 g/mol. The van der Waals surface area contributed by atoms with Crippen molar-refractivity contribution >= 4 is 5.91 Å². The molecule has 4 N–H and O–H groups in total. The highest BCUT2D eigenvalue weighted by molar-refractivity contribution is 5.81. The number of nitrogens with two attached hydrogens (primary N) is 2. The minimum Gasteiger partial charge on any atom is -0.368 e. The SMILES string of the molecule is CC.NC(=O)C(N)c1ccccc1. The molecule has 0 saturated heterocycles. The topological polar surface area (TPSA) is 69.1 Å². The van der Waals surface area contributed by atoms with E-state index >= 15 is 0 Å². The molecule has 3 nitrogen and oxygen atoms in total. The predicted molar refractivity (Wildman–Crippen MR) is 53.9 cm³/mol. The maximum atomic E-state index is 10.6. The molecule has 0 saturated carbocycles. The van der Waals surface area contributed by atoms with Gasteiger partial charge in [-0.05, 0) is 5.56 Å². The number of benzene rings is 1. The van der Waals surface area contributed by atoms with Crippen LogP contribution in [0.2, 0.25) is 0 Å². The second kappa shape index (κ2) is 6.20. The lowest BCUT2D eigenvalue weighted by molar-refractivity contribution is -0.119. The first-order valence-corrected chi connectivity index (χ1v) is 4.31. The molecule has 0 aliphatic heterocycles. The van der Waals surface area contributed by atoms with Crippen LogP contribution < -0.4 is 11.5 Å². The molecule has 0 radical (unpaired) electrons. The Morgan fingerprint density at radius 1 is 1.23 bits per heavy atom. The van der Waals surface area contributed by atoms with E-state index in [-0.39, 0.29) is 0 Å². The average molecular weight is 180 g/mol. The summed E-state index contributed by atoms with van der Waals surface area (Å²) in [5.74, 6) is -0.504. The van der Waals surface area contributed by atoms with Crippen LogP contribution in [0.5, 0.6) is 0 Å². The molecule has 0 bridgehead atoms. The summed E-state index contributed by atoms with van der Waals surface area (Å²) in [7, 11) is 0. The number of amides is 1. The fraction of sp³-hybridized carbons (Fsp3) is 0.300. The molecule has 3 heteroatoms. The van der Waals surface area contributed by atoms with E-state index in [0.29, 0.717) is 0 Å². The van der Waals surface area contributed by atoms with Crippen LogP contribution in [0.4, 0.5) is 0 Å². The van der Waals surface area contributed by atoms with E-state index in [2.05, 4.69) is 0 Å². The van der Waals surface area contributed by atoms with Crippen molar-refractivity contribution in [2.45, 2.75) is 19.9 Å². The Kier molecular flexibility index (Phi) is 5.55. The molecule has 1 amide bonds. The summed E-state index contributed by atoms with van der Waals surface area (Å²) in [6.45, 7) is 4.00. The van der Waals surface area contributed by atoms with Gasteiger partial charge in [0.1, 0.15) is 6.04 Å². The Morgan fingerprint density at radius 3 is 2.08 bits per heavy atom. The largest absolute Gasteiger partial charge is 0.368 e. The van der Waals surface area contributed by atoms with Gasteiger partial charge in [0.25, 0.3) is 0 Å². The van der Waals surface area contributed by atoms with Gasteiger partial charge in [-0.3, -0.25) is 4.79 Å². The maximum absolute atomic E-state index is 10.6. The van der Waals surface area contributed by atoms with E-state index in [1.807, 2.05) is 32.0 Å².